The molecular weight excluding hydrogens is 314 g/mol. The van der Waals surface area contributed by atoms with Crippen molar-refractivity contribution >= 4 is 0 Å². The van der Waals surface area contributed by atoms with Crippen molar-refractivity contribution in [2.24, 2.45) is 23.7 Å². The highest BCUT2D eigenvalue weighted by molar-refractivity contribution is 5.14. The topological polar surface area (TPSA) is 62.4 Å². The summed E-state index contributed by atoms with van der Waals surface area (Å²) in [5.41, 5.74) is 1.47. The molecule has 140 valence electrons. The van der Waals surface area contributed by atoms with Crippen LogP contribution in [0.3, 0.4) is 0 Å². The molecule has 0 amide bonds. The van der Waals surface area contributed by atoms with E-state index in [2.05, 4.69) is 41.9 Å². The highest BCUT2D eigenvalue weighted by Crippen LogP contribution is 2.39. The first-order valence-corrected chi connectivity index (χ1v) is 9.80. The minimum absolute atomic E-state index is 0.0944. The van der Waals surface area contributed by atoms with E-state index in [4.69, 9.17) is 4.42 Å². The Bertz CT molecular complexity index is 588. The number of nitrogens with zero attached hydrogens (tertiary/aromatic N) is 3. The molecule has 1 aromatic rings. The number of aryl methyl sites for hydroxylation is 1. The van der Waals surface area contributed by atoms with Crippen LogP contribution in [0, 0.1) is 30.6 Å². The van der Waals surface area contributed by atoms with Gasteiger partial charge >= 0.3 is 0 Å². The Labute approximate surface area is 151 Å². The Kier molecular flexibility index (Phi) is 5.95. The number of allylic oxidation sites excluding steroid dienone is 1. The molecule has 5 heteroatoms. The zero-order valence-corrected chi connectivity index (χ0v) is 16.1. The van der Waals surface area contributed by atoms with E-state index in [1.165, 1.54) is 12.0 Å². The molecule has 5 nitrogen and oxygen atoms in total. The van der Waals surface area contributed by atoms with Crippen molar-refractivity contribution in [2.75, 3.05) is 19.6 Å². The average molecular weight is 348 g/mol. The maximum absolute atomic E-state index is 9.73. The Hall–Kier alpha value is -1.20. The number of likely N-dealkylation sites (tertiary alicyclic amines) is 1. The SMILES string of the molecule is CC1=C[C@@H](CN2CCC(O)CC2)[C@H](C(C)C)C[C@H]1Cc1nnc(C)o1. The van der Waals surface area contributed by atoms with Crippen LogP contribution in [0.5, 0.6) is 0 Å². The molecule has 2 aliphatic rings. The zero-order chi connectivity index (χ0) is 18.0. The van der Waals surface area contributed by atoms with E-state index in [0.29, 0.717) is 29.6 Å². The van der Waals surface area contributed by atoms with Crippen molar-refractivity contribution < 1.29 is 9.52 Å². The van der Waals surface area contributed by atoms with Crippen LogP contribution in [0.2, 0.25) is 0 Å². The van der Waals surface area contributed by atoms with Crippen molar-refractivity contribution in [3.63, 3.8) is 0 Å². The van der Waals surface area contributed by atoms with Gasteiger partial charge in [0.05, 0.1) is 6.10 Å². The third kappa shape index (κ3) is 4.70. The van der Waals surface area contributed by atoms with Crippen molar-refractivity contribution in [3.05, 3.63) is 23.4 Å². The van der Waals surface area contributed by atoms with E-state index in [0.717, 1.165) is 44.8 Å². The molecule has 1 aliphatic carbocycles. The molecule has 3 atom stereocenters. The van der Waals surface area contributed by atoms with E-state index in [9.17, 15) is 5.11 Å². The normalized spacial score (nSPS) is 29.2. The predicted octanol–water partition coefficient (Wildman–Crippen LogP) is 3.23. The van der Waals surface area contributed by atoms with Crippen LogP contribution >= 0.6 is 0 Å². The molecule has 0 spiro atoms. The van der Waals surface area contributed by atoms with Gasteiger partial charge in [-0.2, -0.15) is 0 Å². The van der Waals surface area contributed by atoms with E-state index >= 15 is 0 Å². The molecule has 1 saturated heterocycles. The maximum atomic E-state index is 9.73. The summed E-state index contributed by atoms with van der Waals surface area (Å²) in [6.45, 7) is 12.0. The molecule has 0 bridgehead atoms. The summed E-state index contributed by atoms with van der Waals surface area (Å²) in [6.07, 6.45) is 6.30. The second-order valence-electron chi connectivity index (χ2n) is 8.37. The third-order valence-electron chi connectivity index (χ3n) is 6.10. The summed E-state index contributed by atoms with van der Waals surface area (Å²) < 4.78 is 5.61. The van der Waals surface area contributed by atoms with E-state index in [-0.39, 0.29) is 6.10 Å². The van der Waals surface area contributed by atoms with Gasteiger partial charge in [-0.3, -0.25) is 0 Å². The minimum atomic E-state index is -0.0944. The van der Waals surface area contributed by atoms with Crippen molar-refractivity contribution in [3.8, 4) is 0 Å². The molecule has 25 heavy (non-hydrogen) atoms. The monoisotopic (exact) mass is 347 g/mol. The van der Waals surface area contributed by atoms with Crippen LogP contribution in [0.15, 0.2) is 16.1 Å². The van der Waals surface area contributed by atoms with Crippen LogP contribution < -0.4 is 0 Å². The highest BCUT2D eigenvalue weighted by atomic mass is 16.4. The van der Waals surface area contributed by atoms with Gasteiger partial charge in [-0.15, -0.1) is 10.2 Å². The summed E-state index contributed by atoms with van der Waals surface area (Å²) in [7, 11) is 0. The van der Waals surface area contributed by atoms with Crippen LogP contribution in [0.1, 0.15) is 51.8 Å². The van der Waals surface area contributed by atoms with Crippen molar-refractivity contribution in [2.45, 2.75) is 59.5 Å². The molecule has 1 aromatic heterocycles. The summed E-state index contributed by atoms with van der Waals surface area (Å²) in [6, 6.07) is 0. The molecule has 1 aliphatic heterocycles. The molecule has 3 rings (SSSR count). The molecule has 0 radical (unpaired) electrons. The molecule has 1 fully saturated rings. The Morgan fingerprint density at radius 2 is 1.96 bits per heavy atom. The molecule has 2 heterocycles. The van der Waals surface area contributed by atoms with Crippen molar-refractivity contribution in [1.29, 1.82) is 0 Å². The van der Waals surface area contributed by atoms with Gasteiger partial charge in [0, 0.05) is 33.0 Å². The van der Waals surface area contributed by atoms with Gasteiger partial charge in [0.15, 0.2) is 0 Å². The van der Waals surface area contributed by atoms with Gasteiger partial charge in [0.25, 0.3) is 0 Å². The van der Waals surface area contributed by atoms with Crippen LogP contribution in [0.4, 0.5) is 0 Å². The third-order valence-corrected chi connectivity index (χ3v) is 6.10. The first-order valence-electron chi connectivity index (χ1n) is 9.80. The van der Waals surface area contributed by atoms with E-state index in [1.54, 1.807) is 0 Å². The number of aromatic nitrogens is 2. The second kappa shape index (κ2) is 8.00. The number of aliphatic hydroxyl groups excluding tert-OH is 1. The number of hydrogen-bond donors (Lipinski definition) is 1. The van der Waals surface area contributed by atoms with Gasteiger partial charge in [0.2, 0.25) is 11.8 Å². The van der Waals surface area contributed by atoms with Crippen LogP contribution in [0.25, 0.3) is 0 Å². The van der Waals surface area contributed by atoms with E-state index < -0.39 is 0 Å². The molecular formula is C20H33N3O2. The number of hydrogen-bond acceptors (Lipinski definition) is 5. The Morgan fingerprint density at radius 3 is 2.56 bits per heavy atom. The average Bonchev–Trinajstić information content (AvgIpc) is 2.97. The fourth-order valence-electron chi connectivity index (χ4n) is 4.52. The fraction of sp³-hybridized carbons (Fsp3) is 0.800. The second-order valence-corrected chi connectivity index (χ2v) is 8.37. The van der Waals surface area contributed by atoms with Gasteiger partial charge in [-0.1, -0.05) is 25.5 Å². The largest absolute Gasteiger partial charge is 0.426 e. The lowest BCUT2D eigenvalue weighted by Gasteiger charge is -2.40. The Balaban J connectivity index is 1.68. The lowest BCUT2D eigenvalue weighted by Crippen LogP contribution is -2.42. The molecule has 0 unspecified atom stereocenters. The fourth-order valence-corrected chi connectivity index (χ4v) is 4.52. The van der Waals surface area contributed by atoms with Gasteiger partial charge in [0.1, 0.15) is 0 Å². The first kappa shape index (κ1) is 18.6. The van der Waals surface area contributed by atoms with Crippen LogP contribution in [-0.2, 0) is 6.42 Å². The summed E-state index contributed by atoms with van der Waals surface area (Å²) in [5.74, 6) is 3.88. The standard InChI is InChI=1S/C20H33N3O2/c1-13(2)19-10-16(11-20-22-21-15(4)25-20)14(3)9-17(19)12-23-7-5-18(24)6-8-23/h9,13,16-19,24H,5-8,10-12H2,1-4H3/t16-,17-,19-/m0/s1. The molecule has 0 aromatic carbocycles. The lowest BCUT2D eigenvalue weighted by molar-refractivity contribution is 0.0670. The molecule has 0 saturated carbocycles. The lowest BCUT2D eigenvalue weighted by atomic mass is 9.69. The summed E-state index contributed by atoms with van der Waals surface area (Å²) in [4.78, 5) is 2.54. The maximum Gasteiger partial charge on any atom is 0.217 e. The predicted molar refractivity (Wildman–Crippen MR) is 98.1 cm³/mol. The number of aliphatic hydroxyl groups is 1. The first-order chi connectivity index (χ1) is 11.9. The minimum Gasteiger partial charge on any atom is -0.426 e. The Morgan fingerprint density at radius 1 is 1.24 bits per heavy atom. The van der Waals surface area contributed by atoms with Gasteiger partial charge < -0.3 is 14.4 Å². The molecule has 1 N–H and O–H groups in total. The quantitative estimate of drug-likeness (QED) is 0.829. The smallest absolute Gasteiger partial charge is 0.217 e. The number of piperidine rings is 1. The van der Waals surface area contributed by atoms with Crippen LogP contribution in [-0.4, -0.2) is 45.9 Å². The number of rotatable bonds is 5. The van der Waals surface area contributed by atoms with Gasteiger partial charge in [-0.05, 0) is 49.9 Å². The summed E-state index contributed by atoms with van der Waals surface area (Å²) >= 11 is 0. The van der Waals surface area contributed by atoms with Crippen molar-refractivity contribution in [1.82, 2.24) is 15.1 Å². The highest BCUT2D eigenvalue weighted by Gasteiger charge is 2.33. The summed E-state index contributed by atoms with van der Waals surface area (Å²) in [5, 5.41) is 17.9. The van der Waals surface area contributed by atoms with E-state index in [1.807, 2.05) is 6.92 Å². The zero-order valence-electron chi connectivity index (χ0n) is 16.1. The van der Waals surface area contributed by atoms with Gasteiger partial charge in [-0.25, -0.2) is 0 Å².